The second-order valence-electron chi connectivity index (χ2n) is 9.11. The maximum absolute atomic E-state index is 5.90. The lowest BCUT2D eigenvalue weighted by atomic mass is 9.70. The molecule has 3 heterocycles. The SMILES string of the molecule is CCOc1ccccc1CN[C@H]1C2CCN(CC2)[C@H]1C(c1ccccc1)c1ccccc1. The predicted octanol–water partition coefficient (Wildman–Crippen LogP) is 5.47. The number of piperidine rings is 3. The summed E-state index contributed by atoms with van der Waals surface area (Å²) in [4.78, 5) is 2.75. The van der Waals surface area contributed by atoms with Crippen molar-refractivity contribution in [1.29, 1.82) is 0 Å². The Hall–Kier alpha value is -2.62. The Bertz CT molecular complexity index is 943. The molecule has 3 heteroatoms. The van der Waals surface area contributed by atoms with E-state index in [0.29, 0.717) is 24.6 Å². The van der Waals surface area contributed by atoms with Gasteiger partial charge in [0.2, 0.25) is 0 Å². The van der Waals surface area contributed by atoms with Crippen LogP contribution in [0.25, 0.3) is 0 Å². The quantitative estimate of drug-likeness (QED) is 0.517. The van der Waals surface area contributed by atoms with Gasteiger partial charge in [0.1, 0.15) is 5.75 Å². The topological polar surface area (TPSA) is 24.5 Å². The maximum atomic E-state index is 5.90. The molecule has 0 saturated carbocycles. The van der Waals surface area contributed by atoms with Crippen LogP contribution in [0.2, 0.25) is 0 Å². The van der Waals surface area contributed by atoms with Gasteiger partial charge in [-0.05, 0) is 56.0 Å². The number of ether oxygens (including phenoxy) is 1. The molecule has 3 saturated heterocycles. The van der Waals surface area contributed by atoms with Crippen LogP contribution in [0.1, 0.15) is 42.4 Å². The summed E-state index contributed by atoms with van der Waals surface area (Å²) in [6, 6.07) is 31.6. The van der Waals surface area contributed by atoms with Crippen molar-refractivity contribution in [3.8, 4) is 5.75 Å². The van der Waals surface area contributed by atoms with E-state index >= 15 is 0 Å². The fourth-order valence-electron chi connectivity index (χ4n) is 5.87. The summed E-state index contributed by atoms with van der Waals surface area (Å²) >= 11 is 0. The molecule has 3 aliphatic rings. The van der Waals surface area contributed by atoms with E-state index in [0.717, 1.165) is 18.2 Å². The molecule has 0 aromatic heterocycles. The Morgan fingerprint density at radius 2 is 1.44 bits per heavy atom. The van der Waals surface area contributed by atoms with Crippen molar-refractivity contribution in [3.05, 3.63) is 102 Å². The van der Waals surface area contributed by atoms with Gasteiger partial charge in [-0.3, -0.25) is 4.90 Å². The normalized spacial score (nSPS) is 24.6. The zero-order chi connectivity index (χ0) is 21.8. The van der Waals surface area contributed by atoms with E-state index in [2.05, 4.69) is 102 Å². The van der Waals surface area contributed by atoms with Crippen LogP contribution in [0.5, 0.6) is 5.75 Å². The second-order valence-corrected chi connectivity index (χ2v) is 9.11. The van der Waals surface area contributed by atoms with E-state index in [4.69, 9.17) is 4.74 Å². The second kappa shape index (κ2) is 9.89. The summed E-state index contributed by atoms with van der Waals surface area (Å²) in [5.74, 6) is 2.09. The van der Waals surface area contributed by atoms with Crippen molar-refractivity contribution in [2.45, 2.75) is 44.3 Å². The first-order valence-corrected chi connectivity index (χ1v) is 12.1. The van der Waals surface area contributed by atoms with E-state index in [1.54, 1.807) is 0 Å². The van der Waals surface area contributed by atoms with E-state index < -0.39 is 0 Å². The highest BCUT2D eigenvalue weighted by atomic mass is 16.5. The van der Waals surface area contributed by atoms with Crippen molar-refractivity contribution in [3.63, 3.8) is 0 Å². The molecule has 3 aliphatic heterocycles. The zero-order valence-electron chi connectivity index (χ0n) is 19.0. The summed E-state index contributed by atoms with van der Waals surface area (Å²) < 4.78 is 5.90. The molecule has 3 aromatic carbocycles. The molecular weight excluding hydrogens is 392 g/mol. The standard InChI is InChI=1S/C29H34N2O/c1-2-32-26-16-10-9-15-25(26)21-30-28-24-17-19-31(20-18-24)29(28)27(22-11-5-3-6-12-22)23-13-7-4-8-14-23/h3-16,24,27-30H,2,17-21H2,1H3/t28-,29-/m0/s1. The van der Waals surface area contributed by atoms with Gasteiger partial charge in [-0.25, -0.2) is 0 Å². The fraction of sp³-hybridized carbons (Fsp3) is 0.379. The molecule has 2 bridgehead atoms. The molecule has 166 valence electrons. The lowest BCUT2D eigenvalue weighted by molar-refractivity contribution is 0.00461. The highest BCUT2D eigenvalue weighted by molar-refractivity contribution is 5.37. The summed E-state index contributed by atoms with van der Waals surface area (Å²) in [7, 11) is 0. The number of hydrogen-bond acceptors (Lipinski definition) is 3. The van der Waals surface area contributed by atoms with E-state index in [1.807, 2.05) is 0 Å². The van der Waals surface area contributed by atoms with Crippen LogP contribution in [0, 0.1) is 5.92 Å². The van der Waals surface area contributed by atoms with Crippen LogP contribution in [-0.4, -0.2) is 36.7 Å². The van der Waals surface area contributed by atoms with Gasteiger partial charge in [-0.2, -0.15) is 0 Å². The van der Waals surface area contributed by atoms with Crippen LogP contribution >= 0.6 is 0 Å². The zero-order valence-corrected chi connectivity index (χ0v) is 19.0. The molecule has 0 aliphatic carbocycles. The molecule has 0 unspecified atom stereocenters. The number of para-hydroxylation sites is 1. The molecule has 3 aromatic rings. The van der Waals surface area contributed by atoms with Gasteiger partial charge in [0.05, 0.1) is 6.61 Å². The predicted molar refractivity (Wildman–Crippen MR) is 131 cm³/mol. The molecule has 0 spiro atoms. The van der Waals surface area contributed by atoms with Crippen LogP contribution in [0.15, 0.2) is 84.9 Å². The minimum absolute atomic E-state index is 0.361. The van der Waals surface area contributed by atoms with Gasteiger partial charge in [-0.1, -0.05) is 78.9 Å². The monoisotopic (exact) mass is 426 g/mol. The lowest BCUT2D eigenvalue weighted by Crippen LogP contribution is -2.64. The van der Waals surface area contributed by atoms with Crippen molar-refractivity contribution in [2.75, 3.05) is 19.7 Å². The molecule has 0 amide bonds. The smallest absolute Gasteiger partial charge is 0.123 e. The molecule has 0 radical (unpaired) electrons. The summed E-state index contributed by atoms with van der Waals surface area (Å²) in [6.45, 7) is 6.01. The molecule has 3 fully saturated rings. The number of rotatable bonds is 8. The largest absolute Gasteiger partial charge is 0.494 e. The van der Waals surface area contributed by atoms with Gasteiger partial charge < -0.3 is 10.1 Å². The molecule has 1 N–H and O–H groups in total. The maximum Gasteiger partial charge on any atom is 0.123 e. The van der Waals surface area contributed by atoms with Crippen LogP contribution in [-0.2, 0) is 6.54 Å². The first-order valence-electron chi connectivity index (χ1n) is 12.1. The van der Waals surface area contributed by atoms with Crippen molar-refractivity contribution >= 4 is 0 Å². The third-order valence-electron chi connectivity index (χ3n) is 7.33. The van der Waals surface area contributed by atoms with Gasteiger partial charge in [0.25, 0.3) is 0 Å². The van der Waals surface area contributed by atoms with E-state index in [9.17, 15) is 0 Å². The van der Waals surface area contributed by atoms with Crippen molar-refractivity contribution in [1.82, 2.24) is 10.2 Å². The van der Waals surface area contributed by atoms with E-state index in [1.165, 1.54) is 42.6 Å². The minimum atomic E-state index is 0.361. The Balaban J connectivity index is 1.47. The average molecular weight is 427 g/mol. The van der Waals surface area contributed by atoms with Crippen LogP contribution in [0.3, 0.4) is 0 Å². The first kappa shape index (κ1) is 21.2. The Kier molecular flexibility index (Phi) is 6.56. The van der Waals surface area contributed by atoms with Gasteiger partial charge in [0.15, 0.2) is 0 Å². The number of nitrogens with zero attached hydrogens (tertiary/aromatic N) is 1. The summed E-state index contributed by atoms with van der Waals surface area (Å²) in [5.41, 5.74) is 4.08. The Labute approximate surface area is 192 Å². The van der Waals surface area contributed by atoms with Gasteiger partial charge in [-0.15, -0.1) is 0 Å². The Morgan fingerprint density at radius 1 is 0.844 bits per heavy atom. The van der Waals surface area contributed by atoms with Gasteiger partial charge >= 0.3 is 0 Å². The number of fused-ring (bicyclic) bond motifs is 3. The number of benzene rings is 3. The first-order chi connectivity index (χ1) is 15.8. The van der Waals surface area contributed by atoms with Crippen LogP contribution in [0.4, 0.5) is 0 Å². The molecule has 2 atom stereocenters. The van der Waals surface area contributed by atoms with Crippen molar-refractivity contribution < 1.29 is 4.74 Å². The fourth-order valence-corrected chi connectivity index (χ4v) is 5.87. The number of nitrogens with one attached hydrogen (secondary N) is 1. The average Bonchev–Trinajstić information content (AvgIpc) is 2.86. The van der Waals surface area contributed by atoms with E-state index in [-0.39, 0.29) is 0 Å². The lowest BCUT2D eigenvalue weighted by Gasteiger charge is -2.54. The third kappa shape index (κ3) is 4.32. The molecule has 3 nitrogen and oxygen atoms in total. The summed E-state index contributed by atoms with van der Waals surface area (Å²) in [5, 5.41) is 4.02. The molecule has 32 heavy (non-hydrogen) atoms. The summed E-state index contributed by atoms with van der Waals surface area (Å²) in [6.07, 6.45) is 2.58. The highest BCUT2D eigenvalue weighted by Crippen LogP contribution is 2.42. The third-order valence-corrected chi connectivity index (χ3v) is 7.33. The molecule has 6 rings (SSSR count). The van der Waals surface area contributed by atoms with Crippen LogP contribution < -0.4 is 10.1 Å². The highest BCUT2D eigenvalue weighted by Gasteiger charge is 2.46. The van der Waals surface area contributed by atoms with Crippen molar-refractivity contribution in [2.24, 2.45) is 5.92 Å². The number of hydrogen-bond donors (Lipinski definition) is 1. The van der Waals surface area contributed by atoms with Gasteiger partial charge in [0, 0.05) is 30.1 Å². The Morgan fingerprint density at radius 3 is 2.06 bits per heavy atom. The molecular formula is C29H34N2O. The minimum Gasteiger partial charge on any atom is -0.494 e.